The van der Waals surface area contributed by atoms with E-state index in [0.717, 1.165) is 16.6 Å². The van der Waals surface area contributed by atoms with Gasteiger partial charge in [0.1, 0.15) is 5.82 Å². The van der Waals surface area contributed by atoms with Crippen molar-refractivity contribution in [3.63, 3.8) is 0 Å². The smallest absolute Gasteiger partial charge is 0.239 e. The Morgan fingerprint density at radius 2 is 2.10 bits per heavy atom. The normalized spacial score (nSPS) is 10.3. The molecule has 0 radical (unpaired) electrons. The van der Waals surface area contributed by atoms with Gasteiger partial charge < -0.3 is 15.8 Å². The second-order valence-electron chi connectivity index (χ2n) is 4.55. The summed E-state index contributed by atoms with van der Waals surface area (Å²) in [7, 11) is 0. The van der Waals surface area contributed by atoms with E-state index in [0.29, 0.717) is 24.0 Å². The summed E-state index contributed by atoms with van der Waals surface area (Å²) < 4.78 is 6.52. The van der Waals surface area contributed by atoms with Crippen LogP contribution in [0.3, 0.4) is 0 Å². The lowest BCUT2D eigenvalue weighted by atomic mass is 10.2. The Morgan fingerprint density at radius 3 is 2.80 bits per heavy atom. The molecule has 3 N–H and O–H groups in total. The number of benzene rings is 1. The predicted octanol–water partition coefficient (Wildman–Crippen LogP) is 4.27. The molecule has 0 unspecified atom stereocenters. The van der Waals surface area contributed by atoms with E-state index in [4.69, 9.17) is 10.5 Å². The largest absolute Gasteiger partial charge is 0.476 e. The van der Waals surface area contributed by atoms with Gasteiger partial charge in [-0.2, -0.15) is 4.98 Å². The lowest BCUT2D eigenvalue weighted by Crippen LogP contribution is -2.03. The summed E-state index contributed by atoms with van der Waals surface area (Å²) in [6.07, 6.45) is 0.919. The third-order valence-electron chi connectivity index (χ3n) is 2.72. The first-order chi connectivity index (χ1) is 9.60. The summed E-state index contributed by atoms with van der Waals surface area (Å²) in [4.78, 5) is 4.39. The van der Waals surface area contributed by atoms with Crippen molar-refractivity contribution in [2.24, 2.45) is 0 Å². The zero-order chi connectivity index (χ0) is 14.5. The van der Waals surface area contributed by atoms with Gasteiger partial charge in [-0.25, -0.2) is 0 Å². The maximum atomic E-state index is 5.85. The molecule has 20 heavy (non-hydrogen) atoms. The molecule has 1 aromatic carbocycles. The first-order valence-electron chi connectivity index (χ1n) is 6.52. The second-order valence-corrected chi connectivity index (χ2v) is 5.40. The molecule has 1 heterocycles. The first-order valence-corrected chi connectivity index (χ1v) is 7.32. The molecule has 0 amide bonds. The van der Waals surface area contributed by atoms with E-state index >= 15 is 0 Å². The van der Waals surface area contributed by atoms with Crippen LogP contribution >= 0.6 is 15.9 Å². The highest BCUT2D eigenvalue weighted by molar-refractivity contribution is 9.10. The van der Waals surface area contributed by atoms with E-state index < -0.39 is 0 Å². The van der Waals surface area contributed by atoms with Crippen molar-refractivity contribution in [1.29, 1.82) is 0 Å². The fourth-order valence-corrected chi connectivity index (χ4v) is 2.29. The van der Waals surface area contributed by atoms with Gasteiger partial charge in [-0.3, -0.25) is 0 Å². The summed E-state index contributed by atoms with van der Waals surface area (Å²) in [6.45, 7) is 4.70. The quantitative estimate of drug-likeness (QED) is 0.856. The molecule has 0 fully saturated rings. The van der Waals surface area contributed by atoms with Crippen molar-refractivity contribution in [2.45, 2.75) is 20.3 Å². The Hall–Kier alpha value is -1.75. The number of halogens is 1. The van der Waals surface area contributed by atoms with Crippen LogP contribution in [0.25, 0.3) is 0 Å². The van der Waals surface area contributed by atoms with Crippen LogP contribution in [0, 0.1) is 6.92 Å². The topological polar surface area (TPSA) is 60.2 Å². The highest BCUT2D eigenvalue weighted by atomic mass is 79.9. The Labute approximate surface area is 127 Å². The van der Waals surface area contributed by atoms with Crippen LogP contribution in [0.5, 0.6) is 5.88 Å². The van der Waals surface area contributed by atoms with Crippen LogP contribution < -0.4 is 15.8 Å². The van der Waals surface area contributed by atoms with Crippen molar-refractivity contribution < 1.29 is 4.74 Å². The number of nitrogens with one attached hydrogen (secondary N) is 1. The standard InChI is InChI=1S/C15H18BrN3O/c1-3-8-20-15-12(17)5-7-14(19-15)18-13-6-4-10(2)9-11(13)16/h4-7,9H,3,8,17H2,1-2H3,(H,18,19). The SMILES string of the molecule is CCCOc1nc(Nc2ccc(C)cc2Br)ccc1N. The maximum absolute atomic E-state index is 5.85. The van der Waals surface area contributed by atoms with Crippen LogP contribution in [0.4, 0.5) is 17.2 Å². The molecule has 106 valence electrons. The number of anilines is 3. The fourth-order valence-electron chi connectivity index (χ4n) is 1.69. The number of aromatic nitrogens is 1. The molecule has 0 bridgehead atoms. The van der Waals surface area contributed by atoms with Crippen molar-refractivity contribution in [3.8, 4) is 5.88 Å². The number of aryl methyl sites for hydroxylation is 1. The van der Waals surface area contributed by atoms with Crippen molar-refractivity contribution >= 4 is 33.1 Å². The molecule has 4 nitrogen and oxygen atoms in total. The van der Waals surface area contributed by atoms with Gasteiger partial charge >= 0.3 is 0 Å². The van der Waals surface area contributed by atoms with E-state index in [-0.39, 0.29) is 0 Å². The number of rotatable bonds is 5. The van der Waals surface area contributed by atoms with Gasteiger partial charge in [0.25, 0.3) is 0 Å². The van der Waals surface area contributed by atoms with E-state index in [9.17, 15) is 0 Å². The van der Waals surface area contributed by atoms with Crippen LogP contribution in [0.15, 0.2) is 34.8 Å². The number of hydrogen-bond donors (Lipinski definition) is 2. The Bertz CT molecular complexity index is 602. The van der Waals surface area contributed by atoms with E-state index in [2.05, 4.69) is 26.2 Å². The number of pyridine rings is 1. The molecule has 0 aliphatic rings. The van der Waals surface area contributed by atoms with E-state index in [1.165, 1.54) is 5.56 Å². The number of nitrogens with zero attached hydrogens (tertiary/aromatic N) is 1. The highest BCUT2D eigenvalue weighted by Crippen LogP contribution is 2.28. The summed E-state index contributed by atoms with van der Waals surface area (Å²) in [5.74, 6) is 1.18. The van der Waals surface area contributed by atoms with Gasteiger partial charge in [-0.1, -0.05) is 13.0 Å². The number of nitrogens with two attached hydrogens (primary N) is 1. The molecular formula is C15H18BrN3O. The molecule has 0 saturated carbocycles. The van der Waals surface area contributed by atoms with Crippen LogP contribution in [-0.2, 0) is 0 Å². The Kier molecular flexibility index (Phi) is 4.84. The van der Waals surface area contributed by atoms with Gasteiger partial charge in [-0.05, 0) is 59.1 Å². The Balaban J connectivity index is 2.20. The zero-order valence-corrected chi connectivity index (χ0v) is 13.2. The summed E-state index contributed by atoms with van der Waals surface area (Å²) in [6, 6.07) is 9.72. The average Bonchev–Trinajstić information content (AvgIpc) is 2.42. The molecule has 2 aromatic rings. The molecule has 5 heteroatoms. The van der Waals surface area contributed by atoms with E-state index in [1.54, 1.807) is 6.07 Å². The van der Waals surface area contributed by atoms with Gasteiger partial charge in [-0.15, -0.1) is 0 Å². The van der Waals surface area contributed by atoms with Crippen molar-refractivity contribution in [1.82, 2.24) is 4.98 Å². The fraction of sp³-hybridized carbons (Fsp3) is 0.267. The van der Waals surface area contributed by atoms with Crippen LogP contribution in [0.2, 0.25) is 0 Å². The molecule has 1 aromatic heterocycles. The van der Waals surface area contributed by atoms with Crippen LogP contribution in [-0.4, -0.2) is 11.6 Å². The van der Waals surface area contributed by atoms with Crippen molar-refractivity contribution in [2.75, 3.05) is 17.7 Å². The third-order valence-corrected chi connectivity index (χ3v) is 3.38. The van der Waals surface area contributed by atoms with Crippen molar-refractivity contribution in [3.05, 3.63) is 40.4 Å². The lowest BCUT2D eigenvalue weighted by Gasteiger charge is -2.11. The highest BCUT2D eigenvalue weighted by Gasteiger charge is 2.06. The monoisotopic (exact) mass is 335 g/mol. The molecule has 2 rings (SSSR count). The minimum atomic E-state index is 0.472. The predicted molar refractivity (Wildman–Crippen MR) is 86.6 cm³/mol. The zero-order valence-electron chi connectivity index (χ0n) is 11.6. The maximum Gasteiger partial charge on any atom is 0.239 e. The summed E-state index contributed by atoms with van der Waals surface area (Å²) in [5, 5.41) is 3.25. The van der Waals surface area contributed by atoms with Gasteiger partial charge in [0, 0.05) is 4.47 Å². The summed E-state index contributed by atoms with van der Waals surface area (Å²) >= 11 is 3.53. The molecule has 0 atom stereocenters. The van der Waals surface area contributed by atoms with E-state index in [1.807, 2.05) is 38.1 Å². The van der Waals surface area contributed by atoms with Crippen LogP contribution in [0.1, 0.15) is 18.9 Å². The minimum Gasteiger partial charge on any atom is -0.476 e. The molecule has 0 aliphatic carbocycles. The number of nitrogen functional groups attached to an aromatic ring is 1. The second kappa shape index (κ2) is 6.61. The third kappa shape index (κ3) is 3.63. The average molecular weight is 336 g/mol. The number of hydrogen-bond acceptors (Lipinski definition) is 4. The first kappa shape index (κ1) is 14.7. The molecule has 0 saturated heterocycles. The number of ether oxygens (including phenoxy) is 1. The Morgan fingerprint density at radius 1 is 1.30 bits per heavy atom. The van der Waals surface area contributed by atoms with Gasteiger partial charge in [0.05, 0.1) is 18.0 Å². The minimum absolute atomic E-state index is 0.472. The molecule has 0 spiro atoms. The lowest BCUT2D eigenvalue weighted by molar-refractivity contribution is 0.307. The molecule has 0 aliphatic heterocycles. The molecular weight excluding hydrogens is 318 g/mol. The van der Waals surface area contributed by atoms with Gasteiger partial charge in [0.2, 0.25) is 5.88 Å². The summed E-state index contributed by atoms with van der Waals surface area (Å²) in [5.41, 5.74) is 8.54. The van der Waals surface area contributed by atoms with Gasteiger partial charge in [0.15, 0.2) is 0 Å².